The highest BCUT2D eigenvalue weighted by molar-refractivity contribution is 4.28. The summed E-state index contributed by atoms with van der Waals surface area (Å²) in [5, 5.41) is 0. The second-order valence-electron chi connectivity index (χ2n) is 0.691. The first-order valence-corrected chi connectivity index (χ1v) is 1.81. The molecule has 0 bridgehead atoms. The van der Waals surface area contributed by atoms with Crippen molar-refractivity contribution in [2.24, 2.45) is 0 Å². The lowest BCUT2D eigenvalue weighted by molar-refractivity contribution is 0.221. The average Bonchev–Trinajstić information content (AvgIpc) is 1.41. The largest absolute Gasteiger partial charge is 0.376 e. The molecule has 0 amide bonds. The van der Waals surface area contributed by atoms with Crippen LogP contribution >= 0.6 is 0 Å². The summed E-state index contributed by atoms with van der Waals surface area (Å²) in [5.74, 6) is 0. The summed E-state index contributed by atoms with van der Waals surface area (Å²) >= 11 is 0. The van der Waals surface area contributed by atoms with Crippen LogP contribution in [-0.4, -0.2) is 6.61 Å². The van der Waals surface area contributed by atoms with Crippen LogP contribution in [0.15, 0.2) is 0 Å². The van der Waals surface area contributed by atoms with Crippen molar-refractivity contribution in [3.8, 4) is 0 Å². The Morgan fingerprint density at radius 3 is 2.40 bits per heavy atom. The minimum absolute atomic E-state index is 0.788. The molecule has 0 atom stereocenters. The summed E-state index contributed by atoms with van der Waals surface area (Å²) in [6.45, 7) is 6.29. The van der Waals surface area contributed by atoms with Crippen molar-refractivity contribution in [3.63, 3.8) is 0 Å². The monoisotopic (exact) mass is 73.1 g/mol. The lowest BCUT2D eigenvalue weighted by Crippen LogP contribution is -1.77. The van der Waals surface area contributed by atoms with Gasteiger partial charge in [0.1, 0.15) is 0 Å². The van der Waals surface area contributed by atoms with Gasteiger partial charge in [0.15, 0.2) is 0 Å². The van der Waals surface area contributed by atoms with Crippen LogP contribution in [0.25, 0.3) is 0 Å². The molecule has 0 saturated heterocycles. The summed E-state index contributed by atoms with van der Waals surface area (Å²) in [4.78, 5) is 0. The van der Waals surface area contributed by atoms with Crippen LogP contribution in [0.5, 0.6) is 0 Å². The zero-order valence-electron chi connectivity index (χ0n) is 3.69. The summed E-state index contributed by atoms with van der Waals surface area (Å²) in [5.41, 5.74) is 0. The maximum absolute atomic E-state index is 4.71. The van der Waals surface area contributed by atoms with Crippen molar-refractivity contribution in [2.45, 2.75) is 13.8 Å². The quantitative estimate of drug-likeness (QED) is 0.477. The second-order valence-corrected chi connectivity index (χ2v) is 0.691. The number of hydrogen-bond acceptors (Lipinski definition) is 1. The highest BCUT2D eigenvalue weighted by Gasteiger charge is 1.65. The van der Waals surface area contributed by atoms with Gasteiger partial charge in [0.2, 0.25) is 0 Å². The van der Waals surface area contributed by atoms with Gasteiger partial charge in [-0.25, -0.2) is 0 Å². The third-order valence-corrected chi connectivity index (χ3v) is 0.333. The standard InChI is InChI=1S/C4H9O/c1-3-5-4-2/h3H,4H2,1-2H3. The third-order valence-electron chi connectivity index (χ3n) is 0.333. The van der Waals surface area contributed by atoms with Crippen LogP contribution in [0, 0.1) is 6.61 Å². The van der Waals surface area contributed by atoms with Gasteiger partial charge < -0.3 is 4.74 Å². The van der Waals surface area contributed by atoms with E-state index in [1.54, 1.807) is 6.61 Å². The van der Waals surface area contributed by atoms with Crippen molar-refractivity contribution in [3.05, 3.63) is 6.61 Å². The molecule has 0 aliphatic heterocycles. The first-order valence-electron chi connectivity index (χ1n) is 1.81. The molecular formula is C4H9O. The van der Waals surface area contributed by atoms with Gasteiger partial charge in [-0.05, 0) is 13.8 Å². The Balaban J connectivity index is 2.19. The molecular weight excluding hydrogens is 64.0 g/mol. The summed E-state index contributed by atoms with van der Waals surface area (Å²) in [6, 6.07) is 0. The zero-order valence-corrected chi connectivity index (χ0v) is 3.69. The van der Waals surface area contributed by atoms with Crippen molar-refractivity contribution in [2.75, 3.05) is 6.61 Å². The van der Waals surface area contributed by atoms with E-state index < -0.39 is 0 Å². The van der Waals surface area contributed by atoms with E-state index in [9.17, 15) is 0 Å². The second kappa shape index (κ2) is 3.96. The lowest BCUT2D eigenvalue weighted by Gasteiger charge is -1.85. The molecule has 0 N–H and O–H groups in total. The van der Waals surface area contributed by atoms with Crippen LogP contribution in [0.4, 0.5) is 0 Å². The maximum atomic E-state index is 4.71. The smallest absolute Gasteiger partial charge is 0.0805 e. The van der Waals surface area contributed by atoms with Gasteiger partial charge in [0.05, 0.1) is 6.61 Å². The Morgan fingerprint density at radius 2 is 2.40 bits per heavy atom. The van der Waals surface area contributed by atoms with Crippen molar-refractivity contribution in [1.29, 1.82) is 0 Å². The van der Waals surface area contributed by atoms with E-state index in [-0.39, 0.29) is 0 Å². The Bertz CT molecular complexity index is 11.1. The van der Waals surface area contributed by atoms with Crippen LogP contribution in [0.2, 0.25) is 0 Å². The Hall–Kier alpha value is -0.0400. The first-order chi connectivity index (χ1) is 2.41. The Morgan fingerprint density at radius 1 is 1.80 bits per heavy atom. The van der Waals surface area contributed by atoms with Crippen LogP contribution in [0.1, 0.15) is 13.8 Å². The molecule has 0 aromatic carbocycles. The normalized spacial score (nSPS) is 8.40. The minimum atomic E-state index is 0.788. The molecule has 1 radical (unpaired) electrons. The lowest BCUT2D eigenvalue weighted by atomic mass is 10.8. The van der Waals surface area contributed by atoms with Crippen LogP contribution < -0.4 is 0 Å². The zero-order chi connectivity index (χ0) is 4.12. The maximum Gasteiger partial charge on any atom is 0.0805 e. The highest BCUT2D eigenvalue weighted by Crippen LogP contribution is 1.72. The van der Waals surface area contributed by atoms with Gasteiger partial charge in [-0.15, -0.1) is 0 Å². The molecule has 1 nitrogen and oxygen atoms in total. The molecule has 0 aliphatic carbocycles. The van der Waals surface area contributed by atoms with E-state index in [0.717, 1.165) is 6.61 Å². The number of rotatable bonds is 2. The van der Waals surface area contributed by atoms with E-state index >= 15 is 0 Å². The SMILES string of the molecule is C[CH]OCC. The Labute approximate surface area is 32.9 Å². The fourth-order valence-corrected chi connectivity index (χ4v) is 0.167. The van der Waals surface area contributed by atoms with Gasteiger partial charge >= 0.3 is 0 Å². The molecule has 0 aromatic heterocycles. The highest BCUT2D eigenvalue weighted by atomic mass is 16.5. The van der Waals surface area contributed by atoms with Crippen molar-refractivity contribution in [1.82, 2.24) is 0 Å². The topological polar surface area (TPSA) is 9.23 Å². The van der Waals surface area contributed by atoms with Gasteiger partial charge in [-0.2, -0.15) is 0 Å². The van der Waals surface area contributed by atoms with E-state index in [2.05, 4.69) is 0 Å². The molecule has 0 aliphatic rings. The minimum Gasteiger partial charge on any atom is -0.376 e. The molecule has 0 heterocycles. The summed E-state index contributed by atoms with van der Waals surface area (Å²) < 4.78 is 4.71. The van der Waals surface area contributed by atoms with E-state index in [1.165, 1.54) is 0 Å². The molecule has 0 fully saturated rings. The van der Waals surface area contributed by atoms with Gasteiger partial charge in [0, 0.05) is 6.61 Å². The van der Waals surface area contributed by atoms with Crippen molar-refractivity contribution >= 4 is 0 Å². The molecule has 0 aromatic rings. The fourth-order valence-electron chi connectivity index (χ4n) is 0.167. The average molecular weight is 73.1 g/mol. The number of hydrogen-bond donors (Lipinski definition) is 0. The molecule has 31 valence electrons. The van der Waals surface area contributed by atoms with E-state index in [0.29, 0.717) is 0 Å². The van der Waals surface area contributed by atoms with Crippen molar-refractivity contribution < 1.29 is 4.74 Å². The van der Waals surface area contributed by atoms with Crippen LogP contribution in [0.3, 0.4) is 0 Å². The van der Waals surface area contributed by atoms with Gasteiger partial charge in [-0.3, -0.25) is 0 Å². The van der Waals surface area contributed by atoms with E-state index in [4.69, 9.17) is 4.74 Å². The predicted molar refractivity (Wildman–Crippen MR) is 21.6 cm³/mol. The van der Waals surface area contributed by atoms with E-state index in [1.807, 2.05) is 13.8 Å². The van der Waals surface area contributed by atoms with Gasteiger partial charge in [-0.1, -0.05) is 0 Å². The Kier molecular flexibility index (Phi) is 3.93. The summed E-state index contributed by atoms with van der Waals surface area (Å²) in [7, 11) is 0. The van der Waals surface area contributed by atoms with Gasteiger partial charge in [0.25, 0.3) is 0 Å². The fraction of sp³-hybridized carbons (Fsp3) is 0.750. The molecule has 0 unspecified atom stereocenters. The molecule has 5 heavy (non-hydrogen) atoms. The molecule has 0 spiro atoms. The summed E-state index contributed by atoms with van der Waals surface area (Å²) in [6.07, 6.45) is 0. The predicted octanol–water partition coefficient (Wildman–Crippen LogP) is 1.20. The third kappa shape index (κ3) is 3.96. The molecule has 0 rings (SSSR count). The number of ether oxygens (including phenoxy) is 1. The molecule has 0 saturated carbocycles. The molecule has 1 heteroatoms. The first kappa shape index (κ1) is 4.96. The van der Waals surface area contributed by atoms with Crippen LogP contribution in [-0.2, 0) is 4.74 Å².